The van der Waals surface area contributed by atoms with E-state index in [-0.39, 0.29) is 11.3 Å². The van der Waals surface area contributed by atoms with Crippen LogP contribution in [0.3, 0.4) is 0 Å². The van der Waals surface area contributed by atoms with Crippen molar-refractivity contribution in [1.82, 2.24) is 10.7 Å². The average molecular weight is 463 g/mol. The fraction of sp³-hybridized carbons (Fsp3) is 0.125. The molecular formula is C24H22N4O4S. The van der Waals surface area contributed by atoms with E-state index >= 15 is 0 Å². The number of hydrogen-bond acceptors (Lipinski definition) is 6. The second kappa shape index (κ2) is 12.2. The predicted molar refractivity (Wildman–Crippen MR) is 129 cm³/mol. The maximum Gasteiger partial charge on any atom is 0.269 e. The number of hydrazone groups is 1. The van der Waals surface area contributed by atoms with Gasteiger partial charge in [-0.15, -0.1) is 0 Å². The molecule has 0 unspecified atom stereocenters. The first-order valence-corrected chi connectivity index (χ1v) is 11.2. The number of thioether (sulfide) groups is 1. The van der Waals surface area contributed by atoms with Gasteiger partial charge < -0.3 is 5.32 Å². The number of hydrogen-bond donors (Lipinski definition) is 2. The molecule has 0 aliphatic carbocycles. The zero-order valence-corrected chi connectivity index (χ0v) is 18.4. The molecular weight excluding hydrogens is 440 g/mol. The van der Waals surface area contributed by atoms with Crippen molar-refractivity contribution in [3.05, 3.63) is 112 Å². The van der Waals surface area contributed by atoms with Gasteiger partial charge in [0.25, 0.3) is 17.5 Å². The quantitative estimate of drug-likeness (QED) is 0.270. The summed E-state index contributed by atoms with van der Waals surface area (Å²) in [6, 6.07) is 23.4. The third-order valence-corrected chi connectivity index (χ3v) is 5.65. The Morgan fingerprint density at radius 1 is 0.970 bits per heavy atom. The Morgan fingerprint density at radius 2 is 1.61 bits per heavy atom. The van der Waals surface area contributed by atoms with Crippen molar-refractivity contribution in [1.29, 1.82) is 0 Å². The number of nitrogens with zero attached hydrogens (tertiary/aromatic N) is 2. The highest BCUT2D eigenvalue weighted by Crippen LogP contribution is 2.15. The van der Waals surface area contributed by atoms with E-state index in [1.54, 1.807) is 0 Å². The molecule has 2 N–H and O–H groups in total. The van der Waals surface area contributed by atoms with Gasteiger partial charge in [0.15, 0.2) is 0 Å². The Hall–Kier alpha value is -3.98. The van der Waals surface area contributed by atoms with Crippen LogP contribution in [0.1, 0.15) is 21.5 Å². The number of amides is 2. The zero-order valence-electron chi connectivity index (χ0n) is 17.6. The molecule has 0 fully saturated rings. The van der Waals surface area contributed by atoms with Gasteiger partial charge in [-0.1, -0.05) is 60.7 Å². The molecule has 1 atom stereocenters. The minimum Gasteiger partial charge on any atom is -0.339 e. The molecule has 9 heteroatoms. The Kier molecular flexibility index (Phi) is 8.72. The number of nitro benzene ring substituents is 1. The summed E-state index contributed by atoms with van der Waals surface area (Å²) in [5.74, 6) is 0.0291. The van der Waals surface area contributed by atoms with E-state index in [1.165, 1.54) is 42.2 Å². The summed E-state index contributed by atoms with van der Waals surface area (Å²) in [5, 5.41) is 17.5. The van der Waals surface area contributed by atoms with Crippen LogP contribution in [0.25, 0.3) is 0 Å². The van der Waals surface area contributed by atoms with E-state index in [9.17, 15) is 19.7 Å². The van der Waals surface area contributed by atoms with E-state index in [4.69, 9.17) is 0 Å². The summed E-state index contributed by atoms with van der Waals surface area (Å²) in [5.41, 5.74) is 4.50. The highest BCUT2D eigenvalue weighted by molar-refractivity contribution is 7.98. The Labute approximate surface area is 195 Å². The van der Waals surface area contributed by atoms with Gasteiger partial charge in [-0.3, -0.25) is 19.7 Å². The molecule has 0 bridgehead atoms. The van der Waals surface area contributed by atoms with Gasteiger partial charge in [0, 0.05) is 29.2 Å². The van der Waals surface area contributed by atoms with Crippen LogP contribution in [0.4, 0.5) is 5.69 Å². The largest absolute Gasteiger partial charge is 0.339 e. The second-order valence-corrected chi connectivity index (χ2v) is 8.01. The molecule has 3 aromatic carbocycles. The first-order chi connectivity index (χ1) is 16.0. The number of carbonyl (C=O) groups excluding carboxylic acids is 2. The van der Waals surface area contributed by atoms with Crippen molar-refractivity contribution >= 4 is 35.5 Å². The highest BCUT2D eigenvalue weighted by Gasteiger charge is 2.22. The summed E-state index contributed by atoms with van der Waals surface area (Å²) in [7, 11) is 0. The molecule has 0 aliphatic heterocycles. The van der Waals surface area contributed by atoms with E-state index in [2.05, 4.69) is 15.8 Å². The van der Waals surface area contributed by atoms with Gasteiger partial charge in [0.05, 0.1) is 11.1 Å². The van der Waals surface area contributed by atoms with Gasteiger partial charge in [-0.05, 0) is 23.3 Å². The van der Waals surface area contributed by atoms with Gasteiger partial charge in [-0.25, -0.2) is 5.43 Å². The van der Waals surface area contributed by atoms with Crippen LogP contribution < -0.4 is 10.7 Å². The maximum atomic E-state index is 12.7. The lowest BCUT2D eigenvalue weighted by Crippen LogP contribution is -2.47. The number of nitrogens with one attached hydrogen (secondary N) is 2. The van der Waals surface area contributed by atoms with Gasteiger partial charge in [-0.2, -0.15) is 16.9 Å². The Bertz CT molecular complexity index is 1110. The van der Waals surface area contributed by atoms with Crippen molar-refractivity contribution in [2.45, 2.75) is 11.8 Å². The molecule has 168 valence electrons. The lowest BCUT2D eigenvalue weighted by molar-refractivity contribution is -0.384. The summed E-state index contributed by atoms with van der Waals surface area (Å²) in [6.07, 6.45) is 1.52. The second-order valence-electron chi connectivity index (χ2n) is 6.98. The average Bonchev–Trinajstić information content (AvgIpc) is 2.84. The smallest absolute Gasteiger partial charge is 0.269 e. The van der Waals surface area contributed by atoms with Crippen LogP contribution in [-0.4, -0.2) is 34.7 Å². The lowest BCUT2D eigenvalue weighted by atomic mass is 10.2. The normalized spacial score (nSPS) is 11.6. The minimum atomic E-state index is -0.852. The lowest BCUT2D eigenvalue weighted by Gasteiger charge is -2.17. The van der Waals surface area contributed by atoms with Crippen LogP contribution >= 0.6 is 11.8 Å². The first-order valence-electron chi connectivity index (χ1n) is 10.1. The number of carbonyl (C=O) groups is 2. The van der Waals surface area contributed by atoms with E-state index < -0.39 is 22.8 Å². The van der Waals surface area contributed by atoms with Crippen LogP contribution in [0.2, 0.25) is 0 Å². The Balaban J connectivity index is 1.65. The van der Waals surface area contributed by atoms with Gasteiger partial charge >= 0.3 is 0 Å². The number of non-ortho nitro benzene ring substituents is 1. The fourth-order valence-electron chi connectivity index (χ4n) is 2.82. The molecule has 8 nitrogen and oxygen atoms in total. The third-order valence-electron chi connectivity index (χ3n) is 4.55. The van der Waals surface area contributed by atoms with Crippen molar-refractivity contribution < 1.29 is 14.5 Å². The van der Waals surface area contributed by atoms with Crippen molar-refractivity contribution in [2.24, 2.45) is 5.10 Å². The summed E-state index contributed by atoms with van der Waals surface area (Å²) in [4.78, 5) is 35.7. The Morgan fingerprint density at radius 3 is 2.24 bits per heavy atom. The van der Waals surface area contributed by atoms with Crippen molar-refractivity contribution in [3.63, 3.8) is 0 Å². The van der Waals surface area contributed by atoms with Crippen LogP contribution in [-0.2, 0) is 10.5 Å². The topological polar surface area (TPSA) is 114 Å². The van der Waals surface area contributed by atoms with E-state index in [0.717, 1.165) is 11.1 Å². The number of rotatable bonds is 10. The molecule has 0 saturated heterocycles. The van der Waals surface area contributed by atoms with Gasteiger partial charge in [0.1, 0.15) is 6.04 Å². The predicted octanol–water partition coefficient (Wildman–Crippen LogP) is 3.78. The van der Waals surface area contributed by atoms with Crippen molar-refractivity contribution in [2.75, 3.05) is 5.75 Å². The molecule has 2 amide bonds. The van der Waals surface area contributed by atoms with Crippen molar-refractivity contribution in [3.8, 4) is 0 Å². The molecule has 0 heterocycles. The molecule has 3 rings (SSSR count). The minimum absolute atomic E-state index is 0.116. The zero-order chi connectivity index (χ0) is 23.5. The summed E-state index contributed by atoms with van der Waals surface area (Å²) in [6.45, 7) is 0. The van der Waals surface area contributed by atoms with Gasteiger partial charge in [0.2, 0.25) is 0 Å². The molecule has 33 heavy (non-hydrogen) atoms. The summed E-state index contributed by atoms with van der Waals surface area (Å²) >= 11 is 1.50. The first kappa shape index (κ1) is 23.7. The van der Waals surface area contributed by atoms with Crippen LogP contribution in [0, 0.1) is 10.1 Å². The molecule has 0 aromatic heterocycles. The van der Waals surface area contributed by atoms with E-state index in [0.29, 0.717) is 11.5 Å². The monoisotopic (exact) mass is 462 g/mol. The third kappa shape index (κ3) is 7.58. The maximum absolute atomic E-state index is 12.7. The molecule has 3 aromatic rings. The van der Waals surface area contributed by atoms with Crippen LogP contribution in [0.5, 0.6) is 0 Å². The fourth-order valence-corrected chi connectivity index (χ4v) is 3.83. The van der Waals surface area contributed by atoms with Crippen LogP contribution in [0.15, 0.2) is 90.0 Å². The molecule has 0 saturated carbocycles. The molecule has 0 aliphatic rings. The van der Waals surface area contributed by atoms with E-state index in [1.807, 2.05) is 60.7 Å². The number of nitro groups is 1. The highest BCUT2D eigenvalue weighted by atomic mass is 32.2. The molecule has 0 spiro atoms. The standard InChI is InChI=1S/C24H22N4O4S/c29-23(20-11-13-21(14-12-20)28(31)32)26-22(17-33-16-19-9-5-2-6-10-19)24(30)27-25-15-18-7-3-1-4-8-18/h1-15,22H,16-17H2,(H,26,29)(H,27,30)/t22-/m0/s1. The SMILES string of the molecule is O=C(N[C@@H](CSCc1ccccc1)C(=O)NN=Cc1ccccc1)c1ccc([N+](=O)[O-])cc1. The number of benzene rings is 3. The molecule has 0 radical (unpaired) electrons. The summed E-state index contributed by atoms with van der Waals surface area (Å²) < 4.78 is 0.